The number of carbonyl (C=O) groups excluding carboxylic acids is 2. The summed E-state index contributed by atoms with van der Waals surface area (Å²) >= 11 is 0. The zero-order chi connectivity index (χ0) is 18.6. The second kappa shape index (κ2) is 7.74. The Morgan fingerprint density at radius 2 is 1.88 bits per heavy atom. The third-order valence-electron chi connectivity index (χ3n) is 3.70. The molecule has 0 saturated heterocycles. The Balaban J connectivity index is 2.10. The molecule has 2 aromatic carbocycles. The average molecular weight is 348 g/mol. The summed E-state index contributed by atoms with van der Waals surface area (Å²) in [6.45, 7) is 3.28. The average Bonchev–Trinajstić information content (AvgIpc) is 2.58. The number of ether oxygens (including phenoxy) is 1. The van der Waals surface area contributed by atoms with Gasteiger partial charge in [-0.2, -0.15) is 0 Å². The van der Waals surface area contributed by atoms with Crippen molar-refractivity contribution in [2.24, 2.45) is 0 Å². The number of aryl methyl sites for hydroxylation is 1. The molecule has 2 N–H and O–H groups in total. The van der Waals surface area contributed by atoms with Crippen molar-refractivity contribution >= 4 is 17.7 Å². The minimum Gasteiger partial charge on any atom is -0.465 e. The van der Waals surface area contributed by atoms with E-state index >= 15 is 0 Å². The highest BCUT2D eigenvalue weighted by Crippen LogP contribution is 2.20. The first-order chi connectivity index (χ1) is 11.8. The van der Waals surface area contributed by atoms with Gasteiger partial charge >= 0.3 is 12.0 Å². The fraction of sp³-hybridized carbons (Fsp3) is 0.222. The molecular weight excluding hydrogens is 330 g/mol. The third kappa shape index (κ3) is 4.32. The van der Waals surface area contributed by atoms with Crippen molar-refractivity contribution in [3.63, 3.8) is 0 Å². The van der Waals surface area contributed by atoms with Crippen LogP contribution in [0.25, 0.3) is 0 Å². The van der Waals surface area contributed by atoms with Crippen LogP contribution < -0.4 is 10.6 Å². The van der Waals surface area contributed by atoms with Crippen LogP contribution in [0.1, 0.15) is 34.5 Å². The number of rotatable bonds is 4. The van der Waals surface area contributed by atoms with Gasteiger partial charge in [0.05, 0.1) is 18.7 Å². The number of halogens is 2. The lowest BCUT2D eigenvalue weighted by Crippen LogP contribution is -2.31. The molecule has 0 saturated carbocycles. The largest absolute Gasteiger partial charge is 0.465 e. The summed E-state index contributed by atoms with van der Waals surface area (Å²) in [4.78, 5) is 23.8. The van der Waals surface area contributed by atoms with Gasteiger partial charge in [-0.15, -0.1) is 0 Å². The number of anilines is 1. The summed E-state index contributed by atoms with van der Waals surface area (Å²) < 4.78 is 31.7. The van der Waals surface area contributed by atoms with Crippen LogP contribution in [0.2, 0.25) is 0 Å². The topological polar surface area (TPSA) is 67.4 Å². The molecule has 132 valence electrons. The molecule has 2 rings (SSSR count). The minimum atomic E-state index is -1.00. The lowest BCUT2D eigenvalue weighted by Gasteiger charge is -2.16. The Labute approximate surface area is 144 Å². The van der Waals surface area contributed by atoms with Gasteiger partial charge in [0.2, 0.25) is 0 Å². The maximum atomic E-state index is 13.8. The van der Waals surface area contributed by atoms with Crippen LogP contribution in [-0.4, -0.2) is 19.1 Å². The number of methoxy groups -OCH3 is 1. The molecule has 0 heterocycles. The fourth-order valence-electron chi connectivity index (χ4n) is 2.33. The zero-order valence-corrected chi connectivity index (χ0v) is 14.0. The van der Waals surface area contributed by atoms with Gasteiger partial charge in [-0.25, -0.2) is 18.4 Å². The van der Waals surface area contributed by atoms with Crippen molar-refractivity contribution in [1.82, 2.24) is 5.32 Å². The molecule has 0 bridgehead atoms. The van der Waals surface area contributed by atoms with Gasteiger partial charge in [-0.1, -0.05) is 18.2 Å². The first kappa shape index (κ1) is 18.4. The smallest absolute Gasteiger partial charge is 0.338 e. The molecule has 0 aliphatic carbocycles. The van der Waals surface area contributed by atoms with E-state index in [0.29, 0.717) is 16.8 Å². The van der Waals surface area contributed by atoms with Crippen molar-refractivity contribution < 1.29 is 23.1 Å². The quantitative estimate of drug-likeness (QED) is 0.823. The van der Waals surface area contributed by atoms with E-state index in [4.69, 9.17) is 0 Å². The number of esters is 1. The molecule has 0 spiro atoms. The zero-order valence-electron chi connectivity index (χ0n) is 14.0. The molecule has 1 unspecified atom stereocenters. The van der Waals surface area contributed by atoms with Crippen LogP contribution in [0.5, 0.6) is 0 Å². The van der Waals surface area contributed by atoms with Crippen LogP contribution >= 0.6 is 0 Å². The highest BCUT2D eigenvalue weighted by molar-refractivity contribution is 5.95. The Bertz CT molecular complexity index is 809. The van der Waals surface area contributed by atoms with E-state index in [1.807, 2.05) is 0 Å². The predicted octanol–water partition coefficient (Wildman–Crippen LogP) is 3.94. The van der Waals surface area contributed by atoms with E-state index < -0.39 is 29.7 Å². The van der Waals surface area contributed by atoms with Gasteiger partial charge in [0.25, 0.3) is 0 Å². The van der Waals surface area contributed by atoms with Crippen molar-refractivity contribution in [2.75, 3.05) is 12.4 Å². The van der Waals surface area contributed by atoms with E-state index in [-0.39, 0.29) is 5.56 Å². The molecule has 7 heteroatoms. The monoisotopic (exact) mass is 348 g/mol. The summed E-state index contributed by atoms with van der Waals surface area (Å²) in [7, 11) is 1.27. The Morgan fingerprint density at radius 3 is 2.56 bits per heavy atom. The van der Waals surface area contributed by atoms with E-state index in [0.717, 1.165) is 6.07 Å². The molecule has 1 atom stereocenters. The molecule has 2 amide bonds. The molecule has 0 aliphatic rings. The molecular formula is C18H18F2N2O3. The molecule has 5 nitrogen and oxygen atoms in total. The lowest BCUT2D eigenvalue weighted by molar-refractivity contribution is 0.0600. The van der Waals surface area contributed by atoms with Crippen LogP contribution in [0.3, 0.4) is 0 Å². The predicted molar refractivity (Wildman–Crippen MR) is 89.4 cm³/mol. The first-order valence-electron chi connectivity index (χ1n) is 7.54. The van der Waals surface area contributed by atoms with Crippen molar-refractivity contribution in [3.8, 4) is 0 Å². The van der Waals surface area contributed by atoms with E-state index in [9.17, 15) is 18.4 Å². The first-order valence-corrected chi connectivity index (χ1v) is 7.54. The molecule has 0 fully saturated rings. The SMILES string of the molecule is COC(=O)c1cc(NC(=O)NC(C)c2cccc(F)c2F)ccc1C. The van der Waals surface area contributed by atoms with E-state index in [2.05, 4.69) is 15.4 Å². The van der Waals surface area contributed by atoms with Crippen molar-refractivity contribution in [2.45, 2.75) is 19.9 Å². The molecule has 0 radical (unpaired) electrons. The Hall–Kier alpha value is -2.96. The molecule has 0 aliphatic heterocycles. The highest BCUT2D eigenvalue weighted by atomic mass is 19.2. The van der Waals surface area contributed by atoms with Gasteiger partial charge < -0.3 is 15.4 Å². The van der Waals surface area contributed by atoms with Crippen molar-refractivity contribution in [1.29, 1.82) is 0 Å². The summed E-state index contributed by atoms with van der Waals surface area (Å²) in [5.41, 5.74) is 1.43. The van der Waals surface area contributed by atoms with Gasteiger partial charge in [-0.3, -0.25) is 0 Å². The van der Waals surface area contributed by atoms with Crippen LogP contribution in [-0.2, 0) is 4.74 Å². The summed E-state index contributed by atoms with van der Waals surface area (Å²) in [5, 5.41) is 5.07. The maximum absolute atomic E-state index is 13.8. The lowest BCUT2D eigenvalue weighted by atomic mass is 10.1. The third-order valence-corrected chi connectivity index (χ3v) is 3.70. The van der Waals surface area contributed by atoms with Gasteiger partial charge in [0, 0.05) is 11.3 Å². The van der Waals surface area contributed by atoms with Gasteiger partial charge in [-0.05, 0) is 37.6 Å². The summed E-state index contributed by atoms with van der Waals surface area (Å²) in [6.07, 6.45) is 0. The molecule has 2 aromatic rings. The Morgan fingerprint density at radius 1 is 1.16 bits per heavy atom. The number of carbonyl (C=O) groups is 2. The van der Waals surface area contributed by atoms with Gasteiger partial charge in [0.15, 0.2) is 11.6 Å². The van der Waals surface area contributed by atoms with Crippen LogP contribution in [0, 0.1) is 18.6 Å². The number of amides is 2. The molecule has 0 aromatic heterocycles. The standard InChI is InChI=1S/C18H18F2N2O3/c1-10-7-8-12(9-14(10)17(23)25-3)22-18(24)21-11(2)13-5-4-6-15(19)16(13)20/h4-9,11H,1-3H3,(H2,21,22,24). The number of hydrogen-bond donors (Lipinski definition) is 2. The van der Waals surface area contributed by atoms with Crippen LogP contribution in [0.4, 0.5) is 19.3 Å². The fourth-order valence-corrected chi connectivity index (χ4v) is 2.33. The minimum absolute atomic E-state index is 0.0364. The van der Waals surface area contributed by atoms with Gasteiger partial charge in [0.1, 0.15) is 0 Å². The van der Waals surface area contributed by atoms with E-state index in [1.165, 1.54) is 32.2 Å². The van der Waals surface area contributed by atoms with E-state index in [1.54, 1.807) is 19.1 Å². The maximum Gasteiger partial charge on any atom is 0.338 e. The summed E-state index contributed by atoms with van der Waals surface area (Å²) in [6, 6.07) is 7.17. The number of benzene rings is 2. The molecule has 25 heavy (non-hydrogen) atoms. The highest BCUT2D eigenvalue weighted by Gasteiger charge is 2.17. The normalized spacial score (nSPS) is 11.6. The summed E-state index contributed by atoms with van der Waals surface area (Å²) in [5.74, 6) is -2.50. The van der Waals surface area contributed by atoms with Crippen molar-refractivity contribution in [3.05, 3.63) is 64.7 Å². The number of hydrogen-bond acceptors (Lipinski definition) is 3. The number of nitrogens with one attached hydrogen (secondary N) is 2. The Kier molecular flexibility index (Phi) is 5.69. The second-order valence-electron chi connectivity index (χ2n) is 5.48. The van der Waals surface area contributed by atoms with Crippen LogP contribution in [0.15, 0.2) is 36.4 Å². The number of urea groups is 1. The second-order valence-corrected chi connectivity index (χ2v) is 5.48.